The van der Waals surface area contributed by atoms with Gasteiger partial charge < -0.3 is 19.5 Å². The van der Waals surface area contributed by atoms with Crippen molar-refractivity contribution < 1.29 is 37.0 Å². The number of nitrogens with zero attached hydrogens (tertiary/aromatic N) is 2. The van der Waals surface area contributed by atoms with E-state index in [1.807, 2.05) is 0 Å². The van der Waals surface area contributed by atoms with Crippen LogP contribution in [0.1, 0.15) is 34.5 Å². The van der Waals surface area contributed by atoms with Crippen molar-refractivity contribution in [2.75, 3.05) is 11.9 Å². The highest BCUT2D eigenvalue weighted by atomic mass is 32.1. The van der Waals surface area contributed by atoms with Crippen LogP contribution < -0.4 is 20.3 Å². The number of alkyl halides is 3. The largest absolute Gasteiger partial charge is 0.573 e. The van der Waals surface area contributed by atoms with Crippen LogP contribution in [0.2, 0.25) is 0 Å². The summed E-state index contributed by atoms with van der Waals surface area (Å²) in [5.41, 5.74) is 0.407. The number of aromatic nitrogens is 2. The molecule has 0 bridgehead atoms. The van der Waals surface area contributed by atoms with Gasteiger partial charge in [0, 0.05) is 21.9 Å². The number of nitrogens with one attached hydrogen (secondary N) is 1. The van der Waals surface area contributed by atoms with E-state index in [0.717, 1.165) is 28.2 Å². The minimum Gasteiger partial charge on any atom is -0.461 e. The van der Waals surface area contributed by atoms with Gasteiger partial charge in [0.15, 0.2) is 5.69 Å². The van der Waals surface area contributed by atoms with E-state index < -0.39 is 35.5 Å². The van der Waals surface area contributed by atoms with Crippen LogP contribution in [0.4, 0.5) is 18.2 Å². The monoisotopic (exact) mass is 607 g/mol. The van der Waals surface area contributed by atoms with Gasteiger partial charge in [-0.25, -0.2) is 4.79 Å². The lowest BCUT2D eigenvalue weighted by atomic mass is 9.87. The van der Waals surface area contributed by atoms with Crippen molar-refractivity contribution >= 4 is 39.0 Å². The first kappa shape index (κ1) is 28.0. The fourth-order valence-corrected chi connectivity index (χ4v) is 5.77. The number of halogens is 3. The number of anilines is 1. The quantitative estimate of drug-likeness (QED) is 0.223. The van der Waals surface area contributed by atoms with Crippen LogP contribution in [0.5, 0.6) is 17.2 Å². The zero-order chi connectivity index (χ0) is 30.3. The number of benzene rings is 3. The summed E-state index contributed by atoms with van der Waals surface area (Å²) in [4.78, 5) is 40.6. The molecule has 9 nitrogen and oxygen atoms in total. The molecule has 3 heterocycles. The minimum atomic E-state index is -4.90. The molecule has 5 aromatic rings. The summed E-state index contributed by atoms with van der Waals surface area (Å²) in [5, 5.41) is 8.85. The maximum absolute atomic E-state index is 13.9. The van der Waals surface area contributed by atoms with Gasteiger partial charge in [-0.3, -0.25) is 9.59 Å². The van der Waals surface area contributed by atoms with Crippen molar-refractivity contribution in [2.45, 2.75) is 19.2 Å². The molecule has 3 aromatic carbocycles. The Balaban J connectivity index is 1.44. The van der Waals surface area contributed by atoms with E-state index in [2.05, 4.69) is 15.2 Å². The molecule has 0 radical (unpaired) electrons. The third-order valence-electron chi connectivity index (χ3n) is 6.61. The van der Waals surface area contributed by atoms with E-state index >= 15 is 0 Å². The van der Waals surface area contributed by atoms with Gasteiger partial charge in [-0.2, -0.15) is 9.78 Å². The predicted octanol–water partition coefficient (Wildman–Crippen LogP) is 6.40. The summed E-state index contributed by atoms with van der Waals surface area (Å²) in [6.45, 7) is 1.63. The van der Waals surface area contributed by atoms with Crippen LogP contribution in [-0.2, 0) is 9.53 Å². The maximum atomic E-state index is 13.9. The zero-order valence-electron chi connectivity index (χ0n) is 22.2. The molecule has 0 saturated heterocycles. The highest BCUT2D eigenvalue weighted by Gasteiger charge is 2.34. The van der Waals surface area contributed by atoms with Crippen molar-refractivity contribution in [3.63, 3.8) is 0 Å². The molecule has 0 spiro atoms. The summed E-state index contributed by atoms with van der Waals surface area (Å²) in [7, 11) is 0. The van der Waals surface area contributed by atoms with Crippen LogP contribution in [0.25, 0.3) is 16.5 Å². The number of para-hydroxylation sites is 2. The number of esters is 1. The molecule has 1 aliphatic heterocycles. The lowest BCUT2D eigenvalue weighted by Crippen LogP contribution is -2.27. The Morgan fingerprint density at radius 2 is 1.63 bits per heavy atom. The molecule has 0 atom stereocenters. The predicted molar refractivity (Wildman–Crippen MR) is 151 cm³/mol. The Morgan fingerprint density at radius 1 is 1.00 bits per heavy atom. The number of hydrogen-bond donors (Lipinski definition) is 1. The van der Waals surface area contributed by atoms with Gasteiger partial charge in [-0.05, 0) is 43.3 Å². The van der Waals surface area contributed by atoms with E-state index in [-0.39, 0.29) is 33.8 Å². The first-order valence-corrected chi connectivity index (χ1v) is 13.8. The minimum absolute atomic E-state index is 0.0133. The first-order valence-electron chi connectivity index (χ1n) is 12.9. The second-order valence-corrected chi connectivity index (χ2v) is 10.2. The second-order valence-electron chi connectivity index (χ2n) is 9.28. The second kappa shape index (κ2) is 10.9. The standard InChI is InChI=1S/C30H20F3N3O6S/c1-2-40-29(39)25-20-15-43-27(24(20)28(38)36(35-25)16-11-13-17(14-12-16)42-30(31,32)33)34-26(37)23-18-7-3-5-9-21(18)41-22-10-6-4-8-19(22)23/h3-15,23H,2H2,1H3,(H,34,37). The highest BCUT2D eigenvalue weighted by molar-refractivity contribution is 7.16. The van der Waals surface area contributed by atoms with E-state index in [9.17, 15) is 27.6 Å². The molecule has 0 unspecified atom stereocenters. The topological polar surface area (TPSA) is 109 Å². The van der Waals surface area contributed by atoms with E-state index in [4.69, 9.17) is 9.47 Å². The lowest BCUT2D eigenvalue weighted by Gasteiger charge is -2.27. The van der Waals surface area contributed by atoms with Crippen LogP contribution in [0.3, 0.4) is 0 Å². The number of ether oxygens (including phenoxy) is 3. The Bertz CT molecular complexity index is 1890. The lowest BCUT2D eigenvalue weighted by molar-refractivity contribution is -0.274. The van der Waals surface area contributed by atoms with Crippen LogP contribution in [0.15, 0.2) is 83.0 Å². The molecule has 0 aliphatic carbocycles. The Morgan fingerprint density at radius 3 is 2.23 bits per heavy atom. The Labute approximate surface area is 245 Å². The first-order chi connectivity index (χ1) is 20.6. The van der Waals surface area contributed by atoms with Crippen molar-refractivity contribution in [1.29, 1.82) is 0 Å². The van der Waals surface area contributed by atoms with Crippen molar-refractivity contribution in [3.8, 4) is 22.9 Å². The third-order valence-corrected chi connectivity index (χ3v) is 7.51. The number of carbonyl (C=O) groups is 2. The third kappa shape index (κ3) is 5.30. The maximum Gasteiger partial charge on any atom is 0.573 e. The van der Waals surface area contributed by atoms with E-state index in [1.165, 1.54) is 17.5 Å². The molecule has 218 valence electrons. The van der Waals surface area contributed by atoms with Gasteiger partial charge in [0.1, 0.15) is 22.2 Å². The number of hydrogen-bond acceptors (Lipinski definition) is 8. The summed E-state index contributed by atoms with van der Waals surface area (Å²) in [5.74, 6) is -1.50. The van der Waals surface area contributed by atoms with Crippen LogP contribution >= 0.6 is 11.3 Å². The number of carbonyl (C=O) groups excluding carboxylic acids is 2. The zero-order valence-corrected chi connectivity index (χ0v) is 23.0. The number of rotatable bonds is 6. The van der Waals surface area contributed by atoms with Gasteiger partial charge in [0.2, 0.25) is 5.91 Å². The van der Waals surface area contributed by atoms with Crippen molar-refractivity contribution in [1.82, 2.24) is 9.78 Å². The van der Waals surface area contributed by atoms with Gasteiger partial charge in [0.05, 0.1) is 23.6 Å². The van der Waals surface area contributed by atoms with Crippen molar-refractivity contribution in [3.05, 3.63) is 105 Å². The Kier molecular flexibility index (Phi) is 7.10. The highest BCUT2D eigenvalue weighted by Crippen LogP contribution is 2.45. The van der Waals surface area contributed by atoms with Crippen molar-refractivity contribution in [2.24, 2.45) is 0 Å². The molecule has 6 rings (SSSR count). The SMILES string of the molecule is CCOC(=O)c1nn(-c2ccc(OC(F)(F)F)cc2)c(=O)c2c(NC(=O)C3c4ccccc4Oc4ccccc43)scc12. The van der Waals surface area contributed by atoms with E-state index in [1.54, 1.807) is 55.5 Å². The van der Waals surface area contributed by atoms with E-state index in [0.29, 0.717) is 22.6 Å². The summed E-state index contributed by atoms with van der Waals surface area (Å²) < 4.78 is 53.9. The van der Waals surface area contributed by atoms with Gasteiger partial charge in [-0.15, -0.1) is 24.5 Å². The molecule has 1 amide bonds. The molecule has 0 fully saturated rings. The fourth-order valence-electron chi connectivity index (χ4n) is 4.83. The van der Waals surface area contributed by atoms with Gasteiger partial charge in [-0.1, -0.05) is 36.4 Å². The smallest absolute Gasteiger partial charge is 0.461 e. The normalized spacial score (nSPS) is 12.7. The van der Waals surface area contributed by atoms with Gasteiger partial charge in [0.25, 0.3) is 5.56 Å². The molecule has 13 heteroatoms. The summed E-state index contributed by atoms with van der Waals surface area (Å²) >= 11 is 1.02. The molecule has 0 saturated carbocycles. The average molecular weight is 608 g/mol. The Hall–Kier alpha value is -5.17. The number of thiophene rings is 1. The summed E-state index contributed by atoms with van der Waals surface area (Å²) in [6.07, 6.45) is -4.90. The van der Waals surface area contributed by atoms with Crippen LogP contribution in [0, 0.1) is 0 Å². The summed E-state index contributed by atoms with van der Waals surface area (Å²) in [6, 6.07) is 18.7. The van der Waals surface area contributed by atoms with Gasteiger partial charge >= 0.3 is 12.3 Å². The molecule has 43 heavy (non-hydrogen) atoms. The molecular weight excluding hydrogens is 587 g/mol. The fraction of sp³-hybridized carbons (Fsp3) is 0.133. The molecule has 1 aliphatic rings. The van der Waals surface area contributed by atoms with Crippen LogP contribution in [-0.4, -0.2) is 34.6 Å². The number of fused-ring (bicyclic) bond motifs is 3. The number of amides is 1. The molecular formula is C30H20F3N3O6S. The molecule has 2 aromatic heterocycles. The molecule has 1 N–H and O–H groups in total. The average Bonchev–Trinajstić information content (AvgIpc) is 3.39.